The molecule has 1 aliphatic heterocycles. The summed E-state index contributed by atoms with van der Waals surface area (Å²) in [4.78, 5) is 14.6. The fraction of sp³-hybridized carbons (Fsp3) is 0.933. The maximum absolute atomic E-state index is 12.0. The lowest BCUT2D eigenvalue weighted by molar-refractivity contribution is -0.129. The van der Waals surface area contributed by atoms with Gasteiger partial charge < -0.3 is 16.0 Å². The maximum Gasteiger partial charge on any atom is 0.227 e. The van der Waals surface area contributed by atoms with Crippen molar-refractivity contribution in [3.63, 3.8) is 0 Å². The number of carbonyl (C=O) groups is 1. The molecule has 1 rings (SSSR count). The Balaban J connectivity index is 2.21. The van der Waals surface area contributed by atoms with Gasteiger partial charge in [0.1, 0.15) is 0 Å². The average molecular weight is 269 g/mol. The highest BCUT2D eigenvalue weighted by atomic mass is 16.2. The lowest BCUT2D eigenvalue weighted by Crippen LogP contribution is -2.44. The van der Waals surface area contributed by atoms with Crippen molar-refractivity contribution in [1.82, 2.24) is 10.2 Å². The smallest absolute Gasteiger partial charge is 0.227 e. The molecule has 0 aromatic heterocycles. The number of nitrogens with zero attached hydrogens (tertiary/aromatic N) is 1. The van der Waals surface area contributed by atoms with Gasteiger partial charge in [-0.3, -0.25) is 4.79 Å². The Morgan fingerprint density at radius 2 is 2.21 bits per heavy atom. The largest absolute Gasteiger partial charge is 0.356 e. The first-order chi connectivity index (χ1) is 9.03. The lowest BCUT2D eigenvalue weighted by Gasteiger charge is -2.33. The molecule has 1 aliphatic rings. The van der Waals surface area contributed by atoms with Crippen LogP contribution in [-0.2, 0) is 4.79 Å². The Morgan fingerprint density at radius 3 is 2.79 bits per heavy atom. The molecule has 0 spiro atoms. The number of piperidine rings is 1. The Hall–Kier alpha value is -0.610. The highest BCUT2D eigenvalue weighted by Crippen LogP contribution is 2.19. The molecule has 0 aromatic rings. The highest BCUT2D eigenvalue weighted by Gasteiger charge is 2.29. The molecular formula is C15H31N3O. The van der Waals surface area contributed by atoms with Gasteiger partial charge in [0.2, 0.25) is 5.91 Å². The molecule has 3 N–H and O–H groups in total. The molecule has 4 heteroatoms. The predicted octanol–water partition coefficient (Wildman–Crippen LogP) is 1.74. The van der Waals surface area contributed by atoms with Gasteiger partial charge in [-0.1, -0.05) is 13.3 Å². The van der Waals surface area contributed by atoms with Crippen LogP contribution >= 0.6 is 0 Å². The Kier molecular flexibility index (Phi) is 6.80. The zero-order chi connectivity index (χ0) is 14.3. The number of hydrogen-bond acceptors (Lipinski definition) is 3. The minimum atomic E-state index is -0.404. The van der Waals surface area contributed by atoms with E-state index in [1.807, 2.05) is 13.8 Å². The molecule has 1 heterocycles. The minimum absolute atomic E-state index is 0.101. The third-order valence-electron chi connectivity index (χ3n) is 4.63. The lowest BCUT2D eigenvalue weighted by atomic mass is 9.87. The number of carbonyl (C=O) groups excluding carboxylic acids is 1. The quantitative estimate of drug-likeness (QED) is 0.692. The van der Waals surface area contributed by atoms with Crippen LogP contribution in [0.25, 0.3) is 0 Å². The van der Waals surface area contributed by atoms with E-state index in [1.165, 1.54) is 25.8 Å². The van der Waals surface area contributed by atoms with Crippen molar-refractivity contribution in [2.45, 2.75) is 58.9 Å². The van der Waals surface area contributed by atoms with E-state index in [2.05, 4.69) is 17.1 Å². The molecule has 112 valence electrons. The number of amides is 1. The van der Waals surface area contributed by atoms with Crippen LogP contribution in [0.5, 0.6) is 0 Å². The standard InChI is InChI=1S/C15H31N3O/c1-4-15(3,12-16)14(19)17-9-7-11-18-10-6-5-8-13(18)2/h13H,4-12,16H2,1-3H3,(H,17,19). The topological polar surface area (TPSA) is 58.4 Å². The maximum atomic E-state index is 12.0. The molecular weight excluding hydrogens is 238 g/mol. The summed E-state index contributed by atoms with van der Waals surface area (Å²) in [5, 5.41) is 3.03. The molecule has 0 saturated carbocycles. The van der Waals surface area contributed by atoms with Gasteiger partial charge >= 0.3 is 0 Å². The third-order valence-corrected chi connectivity index (χ3v) is 4.63. The first-order valence-electron chi connectivity index (χ1n) is 7.76. The monoisotopic (exact) mass is 269 g/mol. The third kappa shape index (κ3) is 4.77. The second kappa shape index (κ2) is 7.85. The van der Waals surface area contributed by atoms with E-state index in [1.54, 1.807) is 0 Å². The molecule has 2 unspecified atom stereocenters. The number of likely N-dealkylation sites (tertiary alicyclic amines) is 1. The van der Waals surface area contributed by atoms with Crippen molar-refractivity contribution in [1.29, 1.82) is 0 Å². The summed E-state index contributed by atoms with van der Waals surface area (Å²) in [6, 6.07) is 0.703. The number of nitrogens with two attached hydrogens (primary N) is 1. The number of hydrogen-bond donors (Lipinski definition) is 2. The van der Waals surface area contributed by atoms with Crippen LogP contribution in [0.15, 0.2) is 0 Å². The first-order valence-corrected chi connectivity index (χ1v) is 7.76. The Bertz CT molecular complexity index is 277. The van der Waals surface area contributed by atoms with E-state index in [0.717, 1.165) is 25.9 Å². The Labute approximate surface area is 118 Å². The van der Waals surface area contributed by atoms with Crippen LogP contribution in [0.1, 0.15) is 52.9 Å². The second-order valence-corrected chi connectivity index (χ2v) is 6.11. The van der Waals surface area contributed by atoms with Gasteiger partial charge in [0, 0.05) is 25.7 Å². The Morgan fingerprint density at radius 1 is 1.47 bits per heavy atom. The van der Waals surface area contributed by atoms with E-state index in [4.69, 9.17) is 5.73 Å². The summed E-state index contributed by atoms with van der Waals surface area (Å²) >= 11 is 0. The predicted molar refractivity (Wildman–Crippen MR) is 80.0 cm³/mol. The van der Waals surface area contributed by atoms with Gasteiger partial charge in [-0.25, -0.2) is 0 Å². The van der Waals surface area contributed by atoms with Gasteiger partial charge in [0.05, 0.1) is 5.41 Å². The van der Waals surface area contributed by atoms with E-state index in [-0.39, 0.29) is 5.91 Å². The summed E-state index contributed by atoms with van der Waals surface area (Å²) in [5.74, 6) is 0.101. The zero-order valence-corrected chi connectivity index (χ0v) is 12.9. The molecule has 19 heavy (non-hydrogen) atoms. The molecule has 0 radical (unpaired) electrons. The molecule has 0 aromatic carbocycles. The van der Waals surface area contributed by atoms with Crippen molar-refractivity contribution >= 4 is 5.91 Å². The van der Waals surface area contributed by atoms with E-state index < -0.39 is 5.41 Å². The summed E-state index contributed by atoms with van der Waals surface area (Å²) < 4.78 is 0. The number of nitrogens with one attached hydrogen (secondary N) is 1. The fourth-order valence-corrected chi connectivity index (χ4v) is 2.58. The number of rotatable bonds is 7. The van der Waals surface area contributed by atoms with Crippen molar-refractivity contribution in [2.24, 2.45) is 11.1 Å². The van der Waals surface area contributed by atoms with Gasteiger partial charge in [-0.2, -0.15) is 0 Å². The summed E-state index contributed by atoms with van der Waals surface area (Å²) in [5.41, 5.74) is 5.28. The van der Waals surface area contributed by atoms with E-state index >= 15 is 0 Å². The minimum Gasteiger partial charge on any atom is -0.356 e. The van der Waals surface area contributed by atoms with Crippen molar-refractivity contribution in [2.75, 3.05) is 26.2 Å². The van der Waals surface area contributed by atoms with Crippen LogP contribution < -0.4 is 11.1 Å². The van der Waals surface area contributed by atoms with Crippen LogP contribution in [0.2, 0.25) is 0 Å². The second-order valence-electron chi connectivity index (χ2n) is 6.11. The van der Waals surface area contributed by atoms with Crippen LogP contribution in [-0.4, -0.2) is 43.0 Å². The molecule has 1 fully saturated rings. The van der Waals surface area contributed by atoms with Gasteiger partial charge in [-0.15, -0.1) is 0 Å². The van der Waals surface area contributed by atoms with Crippen molar-refractivity contribution in [3.05, 3.63) is 0 Å². The van der Waals surface area contributed by atoms with Crippen LogP contribution in [0.4, 0.5) is 0 Å². The average Bonchev–Trinajstić information content (AvgIpc) is 2.44. The summed E-state index contributed by atoms with van der Waals surface area (Å²) in [6.45, 7) is 9.74. The van der Waals surface area contributed by atoms with E-state index in [9.17, 15) is 4.79 Å². The van der Waals surface area contributed by atoms with Crippen molar-refractivity contribution < 1.29 is 4.79 Å². The van der Waals surface area contributed by atoms with Crippen molar-refractivity contribution in [3.8, 4) is 0 Å². The van der Waals surface area contributed by atoms with E-state index in [0.29, 0.717) is 12.6 Å². The van der Waals surface area contributed by atoms with Gasteiger partial charge in [0.15, 0.2) is 0 Å². The summed E-state index contributed by atoms with van der Waals surface area (Å²) in [7, 11) is 0. The molecule has 1 amide bonds. The molecule has 0 aliphatic carbocycles. The fourth-order valence-electron chi connectivity index (χ4n) is 2.58. The highest BCUT2D eigenvalue weighted by molar-refractivity contribution is 5.82. The molecule has 0 bridgehead atoms. The molecule has 1 saturated heterocycles. The zero-order valence-electron chi connectivity index (χ0n) is 12.9. The molecule has 4 nitrogen and oxygen atoms in total. The molecule has 2 atom stereocenters. The first kappa shape index (κ1) is 16.4. The van der Waals surface area contributed by atoms with Crippen LogP contribution in [0, 0.1) is 5.41 Å². The van der Waals surface area contributed by atoms with Gasteiger partial charge in [-0.05, 0) is 46.1 Å². The summed E-state index contributed by atoms with van der Waals surface area (Å²) in [6.07, 6.45) is 5.81. The normalized spacial score (nSPS) is 23.9. The SMILES string of the molecule is CCC(C)(CN)C(=O)NCCCN1CCCCC1C. The van der Waals surface area contributed by atoms with Crippen LogP contribution in [0.3, 0.4) is 0 Å². The van der Waals surface area contributed by atoms with Gasteiger partial charge in [0.25, 0.3) is 0 Å².